The largest absolute Gasteiger partial charge is 0.467 e. The number of nitrogens with zero attached hydrogens (tertiary/aromatic N) is 2. The fourth-order valence-corrected chi connectivity index (χ4v) is 2.83. The van der Waals surface area contributed by atoms with Crippen molar-refractivity contribution in [1.29, 1.82) is 0 Å². The molecule has 0 aliphatic carbocycles. The van der Waals surface area contributed by atoms with E-state index >= 15 is 0 Å². The second-order valence-electron chi connectivity index (χ2n) is 5.91. The van der Waals surface area contributed by atoms with Crippen LogP contribution in [0.3, 0.4) is 0 Å². The van der Waals surface area contributed by atoms with E-state index in [2.05, 4.69) is 20.6 Å². The molecule has 26 heavy (non-hydrogen) atoms. The van der Waals surface area contributed by atoms with Crippen LogP contribution in [0.15, 0.2) is 41.5 Å². The molecule has 0 unspecified atom stereocenters. The van der Waals surface area contributed by atoms with Gasteiger partial charge < -0.3 is 20.1 Å². The topological polar surface area (TPSA) is 67.8 Å². The predicted molar refractivity (Wildman–Crippen MR) is 97.7 cm³/mol. The van der Waals surface area contributed by atoms with Gasteiger partial charge in [0.15, 0.2) is 12.8 Å². The number of rotatable bonds is 6. The summed E-state index contributed by atoms with van der Waals surface area (Å²) in [5.41, 5.74) is 2.62. The zero-order valence-electron chi connectivity index (χ0n) is 14.8. The number of aromatic nitrogens is 1. The zero-order valence-corrected chi connectivity index (χ0v) is 14.8. The number of hydrogen-bond acceptors (Lipinski definition) is 4. The van der Waals surface area contributed by atoms with Crippen LogP contribution in [-0.4, -0.2) is 37.9 Å². The summed E-state index contributed by atoms with van der Waals surface area (Å²) in [7, 11) is 1.72. The fourth-order valence-electron chi connectivity index (χ4n) is 2.83. The van der Waals surface area contributed by atoms with Crippen molar-refractivity contribution < 1.29 is 13.9 Å². The minimum absolute atomic E-state index is 0.204. The number of aliphatic imine (C=N–C) groups is 1. The highest BCUT2D eigenvalue weighted by molar-refractivity contribution is 5.79. The summed E-state index contributed by atoms with van der Waals surface area (Å²) < 4.78 is 24.5. The van der Waals surface area contributed by atoms with Gasteiger partial charge in [-0.3, -0.25) is 9.98 Å². The summed E-state index contributed by atoms with van der Waals surface area (Å²) in [6.45, 7) is 1.93. The average molecular weight is 358 g/mol. The maximum atomic E-state index is 13.8. The van der Waals surface area contributed by atoms with Crippen LogP contribution >= 0.6 is 0 Å². The van der Waals surface area contributed by atoms with Crippen LogP contribution in [-0.2, 0) is 24.2 Å². The van der Waals surface area contributed by atoms with E-state index in [0.717, 1.165) is 35.5 Å². The van der Waals surface area contributed by atoms with E-state index in [1.807, 2.05) is 18.2 Å². The molecular formula is C19H23FN4O2. The first-order valence-corrected chi connectivity index (χ1v) is 8.62. The maximum Gasteiger partial charge on any atom is 0.190 e. The Morgan fingerprint density at radius 3 is 2.85 bits per heavy atom. The number of pyridine rings is 1. The maximum absolute atomic E-state index is 13.8. The first-order valence-electron chi connectivity index (χ1n) is 8.62. The molecule has 138 valence electrons. The fraction of sp³-hybridized carbons (Fsp3) is 0.368. The summed E-state index contributed by atoms with van der Waals surface area (Å²) >= 11 is 0. The van der Waals surface area contributed by atoms with Gasteiger partial charge in [0, 0.05) is 44.0 Å². The molecule has 0 amide bonds. The molecule has 0 radical (unpaired) electrons. The smallest absolute Gasteiger partial charge is 0.190 e. The van der Waals surface area contributed by atoms with Gasteiger partial charge in [-0.1, -0.05) is 6.07 Å². The van der Waals surface area contributed by atoms with Crippen LogP contribution in [0, 0.1) is 5.82 Å². The van der Waals surface area contributed by atoms with Crippen molar-refractivity contribution in [3.05, 3.63) is 59.2 Å². The molecule has 3 rings (SSSR count). The Bertz CT molecular complexity index is 753. The monoisotopic (exact) mass is 358 g/mol. The van der Waals surface area contributed by atoms with Gasteiger partial charge >= 0.3 is 0 Å². The van der Waals surface area contributed by atoms with Crippen LogP contribution < -0.4 is 15.4 Å². The van der Waals surface area contributed by atoms with Crippen LogP contribution in [0.2, 0.25) is 0 Å². The van der Waals surface area contributed by atoms with Crippen molar-refractivity contribution in [2.24, 2.45) is 4.99 Å². The van der Waals surface area contributed by atoms with Crippen molar-refractivity contribution in [3.8, 4) is 5.75 Å². The Morgan fingerprint density at radius 1 is 1.23 bits per heavy atom. The van der Waals surface area contributed by atoms with Gasteiger partial charge in [0.05, 0.1) is 6.61 Å². The molecule has 2 aromatic rings. The third-order valence-corrected chi connectivity index (χ3v) is 4.06. The quantitative estimate of drug-likeness (QED) is 0.611. The molecule has 1 aliphatic heterocycles. The van der Waals surface area contributed by atoms with Gasteiger partial charge in [-0.2, -0.15) is 0 Å². The molecule has 2 N–H and O–H groups in total. The number of guanidine groups is 1. The molecule has 2 heterocycles. The Kier molecular flexibility index (Phi) is 6.38. The number of fused-ring (bicyclic) bond motifs is 1. The van der Waals surface area contributed by atoms with Crippen molar-refractivity contribution in [3.63, 3.8) is 0 Å². The molecule has 7 heteroatoms. The molecule has 0 bridgehead atoms. The van der Waals surface area contributed by atoms with Gasteiger partial charge in [0.1, 0.15) is 11.6 Å². The van der Waals surface area contributed by atoms with Crippen LogP contribution in [0.5, 0.6) is 5.75 Å². The summed E-state index contributed by atoms with van der Waals surface area (Å²) in [4.78, 5) is 8.50. The van der Waals surface area contributed by atoms with Gasteiger partial charge in [-0.25, -0.2) is 4.39 Å². The first kappa shape index (κ1) is 18.1. The van der Waals surface area contributed by atoms with E-state index < -0.39 is 0 Å². The van der Waals surface area contributed by atoms with E-state index in [9.17, 15) is 4.39 Å². The minimum Gasteiger partial charge on any atom is -0.467 e. The lowest BCUT2D eigenvalue weighted by molar-refractivity contribution is -0.0172. The van der Waals surface area contributed by atoms with Gasteiger partial charge in [0.25, 0.3) is 0 Å². The SMILES string of the molecule is CN=C(NCCc1ccccn1)NCCc1cc(F)cc2c1OCOC2. The normalized spacial score (nSPS) is 13.7. The summed E-state index contributed by atoms with van der Waals surface area (Å²) in [5.74, 6) is 1.17. The number of ether oxygens (including phenoxy) is 2. The first-order chi connectivity index (χ1) is 12.8. The number of hydrogen-bond donors (Lipinski definition) is 2. The Labute approximate surface area is 152 Å². The molecule has 6 nitrogen and oxygen atoms in total. The van der Waals surface area contributed by atoms with Crippen molar-refractivity contribution in [2.45, 2.75) is 19.4 Å². The molecule has 0 saturated carbocycles. The van der Waals surface area contributed by atoms with Crippen LogP contribution in [0.1, 0.15) is 16.8 Å². The predicted octanol–water partition coefficient (Wildman–Crippen LogP) is 2.04. The van der Waals surface area contributed by atoms with E-state index in [0.29, 0.717) is 25.5 Å². The van der Waals surface area contributed by atoms with Gasteiger partial charge in [-0.15, -0.1) is 0 Å². The molecule has 0 saturated heterocycles. The summed E-state index contributed by atoms with van der Waals surface area (Å²) in [6, 6.07) is 8.85. The van der Waals surface area contributed by atoms with E-state index in [1.54, 1.807) is 13.2 Å². The van der Waals surface area contributed by atoms with Crippen molar-refractivity contribution in [2.75, 3.05) is 26.9 Å². The van der Waals surface area contributed by atoms with E-state index in [4.69, 9.17) is 9.47 Å². The second kappa shape index (κ2) is 9.15. The molecule has 0 atom stereocenters. The molecule has 0 fully saturated rings. The molecule has 1 aromatic heterocycles. The van der Waals surface area contributed by atoms with E-state index in [1.165, 1.54) is 12.1 Å². The molecular weight excluding hydrogens is 335 g/mol. The second-order valence-corrected chi connectivity index (χ2v) is 5.91. The molecule has 0 spiro atoms. The standard InChI is InChI=1S/C19H23FN4O2/c1-21-19(24-9-6-17-4-2-3-7-22-17)23-8-5-14-10-16(20)11-15-12-25-13-26-18(14)15/h2-4,7,10-11H,5-6,8-9,12-13H2,1H3,(H2,21,23,24). The summed E-state index contributed by atoms with van der Waals surface area (Å²) in [5, 5.41) is 6.49. The highest BCUT2D eigenvalue weighted by Crippen LogP contribution is 2.29. The molecule has 1 aromatic carbocycles. The summed E-state index contributed by atoms with van der Waals surface area (Å²) in [6.07, 6.45) is 3.23. The van der Waals surface area contributed by atoms with Crippen LogP contribution in [0.25, 0.3) is 0 Å². The lowest BCUT2D eigenvalue weighted by Gasteiger charge is -2.21. The number of benzene rings is 1. The Balaban J connectivity index is 1.48. The Hall–Kier alpha value is -2.67. The average Bonchev–Trinajstić information content (AvgIpc) is 2.67. The third-order valence-electron chi connectivity index (χ3n) is 4.06. The molecule has 1 aliphatic rings. The number of nitrogens with one attached hydrogen (secondary N) is 2. The highest BCUT2D eigenvalue weighted by Gasteiger charge is 2.16. The number of halogens is 1. The lowest BCUT2D eigenvalue weighted by atomic mass is 10.1. The van der Waals surface area contributed by atoms with Crippen molar-refractivity contribution >= 4 is 5.96 Å². The van der Waals surface area contributed by atoms with Gasteiger partial charge in [-0.05, 0) is 36.2 Å². The van der Waals surface area contributed by atoms with Gasteiger partial charge in [0.2, 0.25) is 0 Å². The lowest BCUT2D eigenvalue weighted by Crippen LogP contribution is -2.39. The Morgan fingerprint density at radius 2 is 2.08 bits per heavy atom. The highest BCUT2D eigenvalue weighted by atomic mass is 19.1. The van der Waals surface area contributed by atoms with Crippen molar-refractivity contribution in [1.82, 2.24) is 15.6 Å². The van der Waals surface area contributed by atoms with Crippen LogP contribution in [0.4, 0.5) is 4.39 Å². The van der Waals surface area contributed by atoms with E-state index in [-0.39, 0.29) is 12.6 Å². The third kappa shape index (κ3) is 4.92. The minimum atomic E-state index is -0.272. The zero-order chi connectivity index (χ0) is 18.2.